The lowest BCUT2D eigenvalue weighted by atomic mass is 10.1. The van der Waals surface area contributed by atoms with Gasteiger partial charge in [0.1, 0.15) is 5.82 Å². The third-order valence-electron chi connectivity index (χ3n) is 3.73. The lowest BCUT2D eigenvalue weighted by Gasteiger charge is -2.22. The smallest absolute Gasteiger partial charge is 0.232 e. The summed E-state index contributed by atoms with van der Waals surface area (Å²) >= 11 is 6.16. The molecule has 0 saturated carbocycles. The van der Waals surface area contributed by atoms with E-state index in [2.05, 4.69) is 5.32 Å². The number of benzene rings is 2. The molecule has 8 heteroatoms. The average molecular weight is 399 g/mol. The summed E-state index contributed by atoms with van der Waals surface area (Å²) in [4.78, 5) is 12.3. The first-order chi connectivity index (χ1) is 12.1. The van der Waals surface area contributed by atoms with Crippen molar-refractivity contribution in [2.75, 3.05) is 22.4 Å². The minimum Gasteiger partial charge on any atom is -0.324 e. The van der Waals surface area contributed by atoms with Gasteiger partial charge >= 0.3 is 0 Å². The molecular weight excluding hydrogens is 379 g/mol. The molecule has 0 fully saturated rings. The maximum absolute atomic E-state index is 13.4. The highest BCUT2D eigenvalue weighted by molar-refractivity contribution is 7.92. The van der Waals surface area contributed by atoms with Gasteiger partial charge in [-0.1, -0.05) is 23.7 Å². The standard InChI is InChI=1S/C18H20ClFN2O3S/c1-12-9-13(2)18(16(19)10-12)21-17(23)7-8-22(26(3,24)25)15-6-4-5-14(20)11-15/h4-6,9-11H,7-8H2,1-3H3,(H,21,23). The Kier molecular flexibility index (Phi) is 6.26. The van der Waals surface area contributed by atoms with Crippen LogP contribution in [0.3, 0.4) is 0 Å². The van der Waals surface area contributed by atoms with Gasteiger partial charge in [-0.3, -0.25) is 9.10 Å². The van der Waals surface area contributed by atoms with E-state index in [0.717, 1.165) is 27.8 Å². The molecule has 0 atom stereocenters. The molecule has 0 aliphatic rings. The first kappa shape index (κ1) is 20.2. The molecule has 1 N–H and O–H groups in total. The second kappa shape index (κ2) is 8.05. The van der Waals surface area contributed by atoms with Gasteiger partial charge in [0.25, 0.3) is 0 Å². The number of rotatable bonds is 6. The molecule has 140 valence electrons. The summed E-state index contributed by atoms with van der Waals surface area (Å²) in [5.41, 5.74) is 2.46. The van der Waals surface area contributed by atoms with Crippen LogP contribution in [0.5, 0.6) is 0 Å². The number of anilines is 2. The van der Waals surface area contributed by atoms with Gasteiger partial charge in [0.15, 0.2) is 0 Å². The fourth-order valence-electron chi connectivity index (χ4n) is 2.60. The Balaban J connectivity index is 2.13. The van der Waals surface area contributed by atoms with E-state index in [9.17, 15) is 17.6 Å². The van der Waals surface area contributed by atoms with Crippen LogP contribution in [-0.4, -0.2) is 27.1 Å². The van der Waals surface area contributed by atoms with E-state index in [-0.39, 0.29) is 24.6 Å². The summed E-state index contributed by atoms with van der Waals surface area (Å²) in [6.45, 7) is 3.61. The number of nitrogens with one attached hydrogen (secondary N) is 1. The van der Waals surface area contributed by atoms with Crippen LogP contribution in [0.2, 0.25) is 5.02 Å². The fraction of sp³-hybridized carbons (Fsp3) is 0.278. The van der Waals surface area contributed by atoms with Crippen LogP contribution in [0.1, 0.15) is 17.5 Å². The van der Waals surface area contributed by atoms with E-state index in [0.29, 0.717) is 10.7 Å². The minimum absolute atomic E-state index is 0.104. The zero-order valence-corrected chi connectivity index (χ0v) is 16.3. The van der Waals surface area contributed by atoms with Gasteiger partial charge in [0.05, 0.1) is 22.7 Å². The zero-order valence-electron chi connectivity index (χ0n) is 14.7. The Morgan fingerprint density at radius 3 is 2.50 bits per heavy atom. The fourth-order valence-corrected chi connectivity index (χ4v) is 3.88. The van der Waals surface area contributed by atoms with Crippen LogP contribution >= 0.6 is 11.6 Å². The van der Waals surface area contributed by atoms with Crippen molar-refractivity contribution in [3.63, 3.8) is 0 Å². The molecule has 0 heterocycles. The van der Waals surface area contributed by atoms with Crippen molar-refractivity contribution in [1.29, 1.82) is 0 Å². The van der Waals surface area contributed by atoms with Crippen molar-refractivity contribution in [3.05, 3.63) is 58.4 Å². The predicted molar refractivity (Wildman–Crippen MR) is 103 cm³/mol. The van der Waals surface area contributed by atoms with Crippen LogP contribution in [0.4, 0.5) is 15.8 Å². The van der Waals surface area contributed by atoms with E-state index in [1.807, 2.05) is 19.9 Å². The highest BCUT2D eigenvalue weighted by Crippen LogP contribution is 2.27. The molecule has 26 heavy (non-hydrogen) atoms. The normalized spacial score (nSPS) is 11.3. The van der Waals surface area contributed by atoms with Gasteiger partial charge in [-0.25, -0.2) is 12.8 Å². The highest BCUT2D eigenvalue weighted by atomic mass is 35.5. The van der Waals surface area contributed by atoms with Gasteiger partial charge in [0, 0.05) is 13.0 Å². The molecule has 0 spiro atoms. The first-order valence-electron chi connectivity index (χ1n) is 7.88. The maximum atomic E-state index is 13.4. The molecule has 0 aromatic heterocycles. The van der Waals surface area contributed by atoms with Crippen LogP contribution in [0, 0.1) is 19.7 Å². The van der Waals surface area contributed by atoms with Crippen LogP contribution < -0.4 is 9.62 Å². The summed E-state index contributed by atoms with van der Waals surface area (Å²) < 4.78 is 38.4. The predicted octanol–water partition coefficient (Wildman–Crippen LogP) is 3.89. The molecule has 0 unspecified atom stereocenters. The monoisotopic (exact) mass is 398 g/mol. The van der Waals surface area contributed by atoms with Crippen molar-refractivity contribution in [3.8, 4) is 0 Å². The van der Waals surface area contributed by atoms with Gasteiger partial charge in [-0.05, 0) is 49.2 Å². The Hall–Kier alpha value is -2.12. The average Bonchev–Trinajstić information content (AvgIpc) is 2.50. The quantitative estimate of drug-likeness (QED) is 0.802. The zero-order chi connectivity index (χ0) is 19.5. The number of amides is 1. The number of hydrogen-bond acceptors (Lipinski definition) is 3. The SMILES string of the molecule is Cc1cc(C)c(NC(=O)CCN(c2cccc(F)c2)S(C)(=O)=O)c(Cl)c1. The lowest BCUT2D eigenvalue weighted by molar-refractivity contribution is -0.116. The van der Waals surface area contributed by atoms with Gasteiger partial charge in [-0.2, -0.15) is 0 Å². The van der Waals surface area contributed by atoms with E-state index in [1.54, 1.807) is 6.07 Å². The number of carbonyl (C=O) groups is 1. The number of sulfonamides is 1. The van der Waals surface area contributed by atoms with E-state index in [4.69, 9.17) is 11.6 Å². The van der Waals surface area contributed by atoms with Gasteiger partial charge in [0.2, 0.25) is 15.9 Å². The number of hydrogen-bond donors (Lipinski definition) is 1. The first-order valence-corrected chi connectivity index (χ1v) is 10.1. The molecular formula is C18H20ClFN2O3S. The third-order valence-corrected chi connectivity index (χ3v) is 5.23. The molecule has 2 aromatic carbocycles. The molecule has 1 amide bonds. The molecule has 0 bridgehead atoms. The van der Waals surface area contributed by atoms with Crippen LogP contribution in [-0.2, 0) is 14.8 Å². The minimum atomic E-state index is -3.66. The molecule has 0 saturated heterocycles. The van der Waals surface area contributed by atoms with Crippen molar-refractivity contribution in [2.45, 2.75) is 20.3 Å². The largest absolute Gasteiger partial charge is 0.324 e. The maximum Gasteiger partial charge on any atom is 0.232 e. The van der Waals surface area contributed by atoms with Crippen LogP contribution in [0.25, 0.3) is 0 Å². The number of nitrogens with zero attached hydrogens (tertiary/aromatic N) is 1. The van der Waals surface area contributed by atoms with E-state index < -0.39 is 15.8 Å². The molecule has 0 aliphatic heterocycles. The molecule has 0 radical (unpaired) electrons. The topological polar surface area (TPSA) is 66.5 Å². The lowest BCUT2D eigenvalue weighted by Crippen LogP contribution is -2.33. The van der Waals surface area contributed by atoms with Crippen molar-refractivity contribution < 1.29 is 17.6 Å². The molecule has 0 aliphatic carbocycles. The summed E-state index contributed by atoms with van der Waals surface area (Å²) in [7, 11) is -3.66. The second-order valence-electron chi connectivity index (χ2n) is 6.05. The van der Waals surface area contributed by atoms with Crippen LogP contribution in [0.15, 0.2) is 36.4 Å². The highest BCUT2D eigenvalue weighted by Gasteiger charge is 2.19. The van der Waals surface area contributed by atoms with Crippen molar-refractivity contribution >= 4 is 38.9 Å². The Bertz CT molecular complexity index is 909. The summed E-state index contributed by atoms with van der Waals surface area (Å²) in [5, 5.41) is 3.13. The Morgan fingerprint density at radius 2 is 1.92 bits per heavy atom. The number of aryl methyl sites for hydroxylation is 2. The van der Waals surface area contributed by atoms with Crippen molar-refractivity contribution in [1.82, 2.24) is 0 Å². The van der Waals surface area contributed by atoms with Crippen molar-refractivity contribution in [2.24, 2.45) is 0 Å². The van der Waals surface area contributed by atoms with Gasteiger partial charge < -0.3 is 5.32 Å². The summed E-state index contributed by atoms with van der Waals surface area (Å²) in [6, 6.07) is 8.84. The second-order valence-corrected chi connectivity index (χ2v) is 8.37. The van der Waals surface area contributed by atoms with E-state index in [1.165, 1.54) is 18.2 Å². The molecule has 2 rings (SSSR count). The molecule has 5 nitrogen and oxygen atoms in total. The number of halogens is 2. The Morgan fingerprint density at radius 1 is 1.23 bits per heavy atom. The molecule has 2 aromatic rings. The number of carbonyl (C=O) groups excluding carboxylic acids is 1. The van der Waals surface area contributed by atoms with Gasteiger partial charge in [-0.15, -0.1) is 0 Å². The summed E-state index contributed by atoms with van der Waals surface area (Å²) in [5.74, 6) is -0.938. The Labute approximate surface area is 157 Å². The summed E-state index contributed by atoms with van der Waals surface area (Å²) in [6.07, 6.45) is 0.907. The third kappa shape index (κ3) is 5.19. The van der Waals surface area contributed by atoms with E-state index >= 15 is 0 Å².